The number of ether oxygens (including phenoxy) is 3. The fourth-order valence-electron chi connectivity index (χ4n) is 3.36. The number of carbonyl (C=O) groups is 3. The number of ketones is 1. The maximum atomic E-state index is 13.7. The molecule has 1 heterocycles. The summed E-state index contributed by atoms with van der Waals surface area (Å²) in [6, 6.07) is 17.1. The molecule has 0 spiro atoms. The van der Waals surface area contributed by atoms with Crippen molar-refractivity contribution in [2.75, 3.05) is 37.1 Å². The summed E-state index contributed by atoms with van der Waals surface area (Å²) in [5.41, 5.74) is 1.06. The van der Waals surface area contributed by atoms with Gasteiger partial charge in [-0.05, 0) is 54.6 Å². The van der Waals surface area contributed by atoms with Gasteiger partial charge in [-0.15, -0.1) is 0 Å². The zero-order chi connectivity index (χ0) is 24.1. The average Bonchev–Trinajstić information content (AvgIpc) is 2.85. The van der Waals surface area contributed by atoms with Gasteiger partial charge in [-0.25, -0.2) is 4.39 Å². The Balaban J connectivity index is 1.47. The first-order chi connectivity index (χ1) is 16.4. The number of hydrogen-bond acceptors (Lipinski definition) is 6. The van der Waals surface area contributed by atoms with E-state index in [2.05, 4.69) is 5.32 Å². The largest absolute Gasteiger partial charge is 0.497 e. The van der Waals surface area contributed by atoms with Crippen LogP contribution in [-0.2, 0) is 9.59 Å². The number of rotatable bonds is 8. The molecule has 9 heteroatoms. The molecule has 3 aromatic carbocycles. The van der Waals surface area contributed by atoms with E-state index in [1.807, 2.05) is 0 Å². The summed E-state index contributed by atoms with van der Waals surface area (Å²) in [6.07, 6.45) is 0. The zero-order valence-corrected chi connectivity index (χ0v) is 18.2. The van der Waals surface area contributed by atoms with Crippen molar-refractivity contribution in [3.05, 3.63) is 78.1 Å². The van der Waals surface area contributed by atoms with E-state index >= 15 is 0 Å². The predicted molar refractivity (Wildman–Crippen MR) is 122 cm³/mol. The Morgan fingerprint density at radius 2 is 1.85 bits per heavy atom. The molecular weight excluding hydrogens is 443 g/mol. The molecule has 0 aromatic heterocycles. The minimum absolute atomic E-state index is 0.0378. The Labute approximate surface area is 194 Å². The minimum atomic E-state index is -0.575. The molecule has 0 unspecified atom stereocenters. The lowest BCUT2D eigenvalue weighted by Gasteiger charge is -2.29. The second-order valence-corrected chi connectivity index (χ2v) is 7.37. The second kappa shape index (κ2) is 10.0. The Kier molecular flexibility index (Phi) is 6.72. The number of methoxy groups -OCH3 is 1. The molecule has 0 saturated carbocycles. The molecule has 0 aliphatic carbocycles. The summed E-state index contributed by atoms with van der Waals surface area (Å²) >= 11 is 0. The molecule has 1 aliphatic heterocycles. The standard InChI is InChI=1S/C25H21FN2O6/c1-32-18-9-7-17(8-10-18)27-24(30)13-28-20-12-16(6-11-23(20)34-15-25(28)31)21(29)14-33-22-5-3-2-4-19(22)26/h2-12H,13-15H2,1H3,(H,27,30). The highest BCUT2D eigenvalue weighted by molar-refractivity contribution is 6.06. The Hall–Kier alpha value is -4.40. The lowest BCUT2D eigenvalue weighted by molar-refractivity contribution is -0.123. The molecule has 1 N–H and O–H groups in total. The van der Waals surface area contributed by atoms with Crippen LogP contribution in [0.4, 0.5) is 15.8 Å². The second-order valence-electron chi connectivity index (χ2n) is 7.37. The van der Waals surface area contributed by atoms with Crippen LogP contribution in [0.5, 0.6) is 17.2 Å². The molecule has 1 aliphatic rings. The molecule has 0 radical (unpaired) electrons. The van der Waals surface area contributed by atoms with E-state index < -0.39 is 30.0 Å². The molecule has 174 valence electrons. The molecule has 0 bridgehead atoms. The average molecular weight is 464 g/mol. The van der Waals surface area contributed by atoms with Crippen LogP contribution in [0.2, 0.25) is 0 Å². The van der Waals surface area contributed by atoms with E-state index in [0.717, 1.165) is 0 Å². The van der Waals surface area contributed by atoms with Gasteiger partial charge in [-0.2, -0.15) is 0 Å². The highest BCUT2D eigenvalue weighted by Gasteiger charge is 2.28. The first-order valence-corrected chi connectivity index (χ1v) is 10.4. The number of nitrogens with zero attached hydrogens (tertiary/aromatic N) is 1. The molecule has 8 nitrogen and oxygen atoms in total. The lowest BCUT2D eigenvalue weighted by atomic mass is 10.1. The van der Waals surface area contributed by atoms with Gasteiger partial charge in [0.2, 0.25) is 5.91 Å². The van der Waals surface area contributed by atoms with E-state index in [9.17, 15) is 18.8 Å². The van der Waals surface area contributed by atoms with Gasteiger partial charge in [-0.3, -0.25) is 19.3 Å². The van der Waals surface area contributed by atoms with Crippen LogP contribution >= 0.6 is 0 Å². The molecule has 0 fully saturated rings. The smallest absolute Gasteiger partial charge is 0.265 e. The third-order valence-corrected chi connectivity index (χ3v) is 5.09. The molecule has 34 heavy (non-hydrogen) atoms. The molecular formula is C25H21FN2O6. The van der Waals surface area contributed by atoms with Crippen molar-refractivity contribution in [1.29, 1.82) is 0 Å². The summed E-state index contributed by atoms with van der Waals surface area (Å²) in [6.45, 7) is -0.899. The number of amides is 2. The summed E-state index contributed by atoms with van der Waals surface area (Å²) in [5.74, 6) is -0.880. The monoisotopic (exact) mass is 464 g/mol. The van der Waals surface area contributed by atoms with Crippen molar-refractivity contribution in [1.82, 2.24) is 0 Å². The Morgan fingerprint density at radius 3 is 2.59 bits per heavy atom. The third-order valence-electron chi connectivity index (χ3n) is 5.09. The van der Waals surface area contributed by atoms with Crippen LogP contribution in [0, 0.1) is 5.82 Å². The van der Waals surface area contributed by atoms with Gasteiger partial charge in [-0.1, -0.05) is 12.1 Å². The first-order valence-electron chi connectivity index (χ1n) is 10.4. The van der Waals surface area contributed by atoms with Crippen LogP contribution < -0.4 is 24.4 Å². The fourth-order valence-corrected chi connectivity index (χ4v) is 3.36. The van der Waals surface area contributed by atoms with E-state index in [1.165, 1.54) is 35.2 Å². The van der Waals surface area contributed by atoms with Gasteiger partial charge in [0.05, 0.1) is 12.8 Å². The summed E-state index contributed by atoms with van der Waals surface area (Å²) < 4.78 is 29.6. The zero-order valence-electron chi connectivity index (χ0n) is 18.2. The summed E-state index contributed by atoms with van der Waals surface area (Å²) in [7, 11) is 1.54. The van der Waals surface area contributed by atoms with Crippen molar-refractivity contribution in [2.45, 2.75) is 0 Å². The third kappa shape index (κ3) is 5.15. The summed E-state index contributed by atoms with van der Waals surface area (Å²) in [4.78, 5) is 39.0. The van der Waals surface area contributed by atoms with Crippen molar-refractivity contribution < 1.29 is 33.0 Å². The number of fused-ring (bicyclic) bond motifs is 1. The number of hydrogen-bond donors (Lipinski definition) is 1. The Bertz CT molecular complexity index is 1230. The molecule has 2 amide bonds. The maximum Gasteiger partial charge on any atom is 0.265 e. The van der Waals surface area contributed by atoms with Crippen LogP contribution in [0.1, 0.15) is 10.4 Å². The van der Waals surface area contributed by atoms with Crippen LogP contribution in [0.25, 0.3) is 0 Å². The SMILES string of the molecule is COc1ccc(NC(=O)CN2C(=O)COc3ccc(C(=O)COc4ccccc4F)cc32)cc1. The van der Waals surface area contributed by atoms with E-state index in [1.54, 1.807) is 43.5 Å². The van der Waals surface area contributed by atoms with Crippen LogP contribution in [0.3, 0.4) is 0 Å². The van der Waals surface area contributed by atoms with E-state index in [0.29, 0.717) is 17.2 Å². The molecule has 0 saturated heterocycles. The van der Waals surface area contributed by atoms with Crippen LogP contribution in [0.15, 0.2) is 66.7 Å². The van der Waals surface area contributed by atoms with Gasteiger partial charge in [0, 0.05) is 11.3 Å². The van der Waals surface area contributed by atoms with Gasteiger partial charge in [0.1, 0.15) is 18.0 Å². The number of carbonyl (C=O) groups excluding carboxylic acids is 3. The number of halogens is 1. The van der Waals surface area contributed by atoms with Gasteiger partial charge in [0.25, 0.3) is 5.91 Å². The number of nitrogens with one attached hydrogen (secondary N) is 1. The first kappa shape index (κ1) is 22.8. The summed E-state index contributed by atoms with van der Waals surface area (Å²) in [5, 5.41) is 2.72. The quantitative estimate of drug-likeness (QED) is 0.513. The van der Waals surface area contributed by atoms with Gasteiger partial charge >= 0.3 is 0 Å². The Morgan fingerprint density at radius 1 is 1.09 bits per heavy atom. The number of anilines is 2. The van der Waals surface area contributed by atoms with Gasteiger partial charge < -0.3 is 19.5 Å². The van der Waals surface area contributed by atoms with Gasteiger partial charge in [0.15, 0.2) is 30.6 Å². The maximum absolute atomic E-state index is 13.7. The number of para-hydroxylation sites is 1. The minimum Gasteiger partial charge on any atom is -0.497 e. The fraction of sp³-hybridized carbons (Fsp3) is 0.160. The molecule has 4 rings (SSSR count). The van der Waals surface area contributed by atoms with Crippen molar-refractivity contribution >= 4 is 29.0 Å². The van der Waals surface area contributed by atoms with Crippen molar-refractivity contribution in [2.24, 2.45) is 0 Å². The van der Waals surface area contributed by atoms with E-state index in [-0.39, 0.29) is 30.2 Å². The highest BCUT2D eigenvalue weighted by Crippen LogP contribution is 2.33. The number of Topliss-reactive ketones (excluding diaryl/α,β-unsaturated/α-hetero) is 1. The van der Waals surface area contributed by atoms with E-state index in [4.69, 9.17) is 14.2 Å². The molecule has 0 atom stereocenters. The predicted octanol–water partition coefficient (Wildman–Crippen LogP) is 3.46. The highest BCUT2D eigenvalue weighted by atomic mass is 19.1. The molecule has 3 aromatic rings. The topological polar surface area (TPSA) is 94.2 Å². The van der Waals surface area contributed by atoms with Crippen molar-refractivity contribution in [3.63, 3.8) is 0 Å². The van der Waals surface area contributed by atoms with Crippen molar-refractivity contribution in [3.8, 4) is 17.2 Å². The normalized spacial score (nSPS) is 12.4. The lowest BCUT2D eigenvalue weighted by Crippen LogP contribution is -2.43. The van der Waals surface area contributed by atoms with Crippen LogP contribution in [-0.4, -0.2) is 44.5 Å². The number of benzene rings is 3.